The molecule has 1 N–H and O–H groups in total. The van der Waals surface area contributed by atoms with Crippen molar-refractivity contribution in [1.29, 1.82) is 0 Å². The Balaban J connectivity index is 4.36. The highest BCUT2D eigenvalue weighted by molar-refractivity contribution is 8.00. The van der Waals surface area contributed by atoms with E-state index in [0.717, 1.165) is 12.8 Å². The van der Waals surface area contributed by atoms with E-state index in [1.807, 2.05) is 18.7 Å². The first-order chi connectivity index (χ1) is 7.39. The van der Waals surface area contributed by atoms with Gasteiger partial charge in [0, 0.05) is 10.5 Å². The lowest BCUT2D eigenvalue weighted by Gasteiger charge is -2.29. The summed E-state index contributed by atoms with van der Waals surface area (Å²) in [4.78, 5) is 11.7. The van der Waals surface area contributed by atoms with Crippen LogP contribution in [0.4, 0.5) is 0 Å². The number of nitrogens with one attached hydrogen (secondary N) is 1. The van der Waals surface area contributed by atoms with Gasteiger partial charge in [0.25, 0.3) is 0 Å². The normalized spacial score (nSPS) is 18.6. The van der Waals surface area contributed by atoms with Gasteiger partial charge >= 0.3 is 5.97 Å². The van der Waals surface area contributed by atoms with Crippen molar-refractivity contribution < 1.29 is 9.53 Å². The molecule has 4 heteroatoms. The molecule has 0 radical (unpaired) electrons. The molecule has 0 fully saturated rings. The Kier molecular flexibility index (Phi) is 7.07. The van der Waals surface area contributed by atoms with E-state index in [9.17, 15) is 4.79 Å². The molecule has 0 saturated heterocycles. The second-order valence-electron chi connectivity index (χ2n) is 4.44. The van der Waals surface area contributed by atoms with Crippen molar-refractivity contribution in [3.8, 4) is 0 Å². The standard InChI is InChI=1S/C12H25NO2S/c1-7-9(2)16-10(3)8-12(4,13-5)11(14)15-6/h9-10,13H,7-8H2,1-6H3. The molecule has 0 amide bonds. The van der Waals surface area contributed by atoms with Crippen LogP contribution in [-0.4, -0.2) is 36.2 Å². The molecule has 0 heterocycles. The number of methoxy groups -OCH3 is 1. The van der Waals surface area contributed by atoms with E-state index >= 15 is 0 Å². The Bertz CT molecular complexity index is 223. The lowest BCUT2D eigenvalue weighted by atomic mass is 9.96. The maximum atomic E-state index is 11.7. The van der Waals surface area contributed by atoms with Crippen molar-refractivity contribution in [1.82, 2.24) is 5.32 Å². The molecule has 0 saturated carbocycles. The van der Waals surface area contributed by atoms with Crippen LogP contribution < -0.4 is 5.32 Å². The maximum absolute atomic E-state index is 11.7. The molecular weight excluding hydrogens is 222 g/mol. The zero-order valence-electron chi connectivity index (χ0n) is 11.3. The second kappa shape index (κ2) is 7.17. The zero-order valence-corrected chi connectivity index (χ0v) is 12.1. The summed E-state index contributed by atoms with van der Waals surface area (Å²) in [6, 6.07) is 0. The summed E-state index contributed by atoms with van der Waals surface area (Å²) < 4.78 is 4.83. The highest BCUT2D eigenvalue weighted by Gasteiger charge is 2.34. The summed E-state index contributed by atoms with van der Waals surface area (Å²) in [5, 5.41) is 4.13. The molecule has 0 aromatic heterocycles. The van der Waals surface area contributed by atoms with Gasteiger partial charge in [-0.25, -0.2) is 0 Å². The first kappa shape index (κ1) is 15.8. The number of carbonyl (C=O) groups excluding carboxylic acids is 1. The molecule has 0 aliphatic rings. The molecule has 0 aliphatic heterocycles. The molecule has 0 aliphatic carbocycles. The number of esters is 1. The van der Waals surface area contributed by atoms with E-state index in [0.29, 0.717) is 10.5 Å². The van der Waals surface area contributed by atoms with Crippen LogP contribution >= 0.6 is 11.8 Å². The van der Waals surface area contributed by atoms with E-state index in [1.165, 1.54) is 7.11 Å². The SMILES string of the molecule is CCC(C)SC(C)CC(C)(NC)C(=O)OC. The van der Waals surface area contributed by atoms with Crippen molar-refractivity contribution in [3.63, 3.8) is 0 Å². The first-order valence-corrected chi connectivity index (χ1v) is 6.76. The number of rotatable bonds is 7. The molecular formula is C12H25NO2S. The number of hydrogen-bond donors (Lipinski definition) is 1. The summed E-state index contributed by atoms with van der Waals surface area (Å²) >= 11 is 1.92. The van der Waals surface area contributed by atoms with Crippen LogP contribution in [0.2, 0.25) is 0 Å². The average Bonchev–Trinajstić information content (AvgIpc) is 2.27. The van der Waals surface area contributed by atoms with Crippen molar-refractivity contribution in [2.75, 3.05) is 14.2 Å². The number of likely N-dealkylation sites (N-methyl/N-ethyl adjacent to an activating group) is 1. The minimum absolute atomic E-state index is 0.188. The van der Waals surface area contributed by atoms with Gasteiger partial charge in [-0.3, -0.25) is 4.79 Å². The number of hydrogen-bond acceptors (Lipinski definition) is 4. The van der Waals surface area contributed by atoms with Crippen LogP contribution in [0.3, 0.4) is 0 Å². The van der Waals surface area contributed by atoms with Crippen molar-refractivity contribution in [3.05, 3.63) is 0 Å². The lowest BCUT2D eigenvalue weighted by molar-refractivity contribution is -0.147. The summed E-state index contributed by atoms with van der Waals surface area (Å²) in [5.74, 6) is -0.188. The largest absolute Gasteiger partial charge is 0.468 e. The predicted octanol–water partition coefficient (Wildman–Crippen LogP) is 2.45. The van der Waals surface area contributed by atoms with Gasteiger partial charge in [0.1, 0.15) is 5.54 Å². The molecule has 3 nitrogen and oxygen atoms in total. The molecule has 0 rings (SSSR count). The Morgan fingerprint density at radius 2 is 2.00 bits per heavy atom. The third-order valence-electron chi connectivity index (χ3n) is 2.92. The van der Waals surface area contributed by atoms with Crippen LogP contribution in [0.5, 0.6) is 0 Å². The lowest BCUT2D eigenvalue weighted by Crippen LogP contribution is -2.49. The quantitative estimate of drug-likeness (QED) is 0.701. The van der Waals surface area contributed by atoms with E-state index in [-0.39, 0.29) is 5.97 Å². The van der Waals surface area contributed by atoms with Crippen LogP contribution in [0.1, 0.15) is 40.5 Å². The second-order valence-corrected chi connectivity index (χ2v) is 6.33. The minimum atomic E-state index is -0.575. The highest BCUT2D eigenvalue weighted by Crippen LogP contribution is 2.27. The molecule has 0 aromatic carbocycles. The number of thioether (sulfide) groups is 1. The van der Waals surface area contributed by atoms with Gasteiger partial charge in [-0.15, -0.1) is 0 Å². The zero-order chi connectivity index (χ0) is 12.8. The fourth-order valence-electron chi connectivity index (χ4n) is 1.63. The highest BCUT2D eigenvalue weighted by atomic mass is 32.2. The average molecular weight is 247 g/mol. The van der Waals surface area contributed by atoms with Gasteiger partial charge in [0.2, 0.25) is 0 Å². The summed E-state index contributed by atoms with van der Waals surface area (Å²) in [6.07, 6.45) is 1.94. The van der Waals surface area contributed by atoms with E-state index in [2.05, 4.69) is 26.1 Å². The molecule has 96 valence electrons. The summed E-state index contributed by atoms with van der Waals surface area (Å²) in [5.41, 5.74) is -0.575. The Labute approximate surface area is 104 Å². The fourth-order valence-corrected chi connectivity index (χ4v) is 3.04. The van der Waals surface area contributed by atoms with Gasteiger partial charge in [0.15, 0.2) is 0 Å². The monoisotopic (exact) mass is 247 g/mol. The van der Waals surface area contributed by atoms with Gasteiger partial charge in [-0.1, -0.05) is 20.8 Å². The summed E-state index contributed by atoms with van der Waals surface area (Å²) in [7, 11) is 3.24. The van der Waals surface area contributed by atoms with Gasteiger partial charge in [-0.2, -0.15) is 11.8 Å². The van der Waals surface area contributed by atoms with E-state index in [1.54, 1.807) is 7.05 Å². The van der Waals surface area contributed by atoms with Crippen LogP contribution in [-0.2, 0) is 9.53 Å². The smallest absolute Gasteiger partial charge is 0.325 e. The molecule has 16 heavy (non-hydrogen) atoms. The molecule has 0 aromatic rings. The van der Waals surface area contributed by atoms with Crippen molar-refractivity contribution in [2.45, 2.75) is 56.6 Å². The number of ether oxygens (including phenoxy) is 1. The van der Waals surface area contributed by atoms with Gasteiger partial charge in [-0.05, 0) is 26.8 Å². The third kappa shape index (κ3) is 4.74. The van der Waals surface area contributed by atoms with Crippen molar-refractivity contribution >= 4 is 17.7 Å². The first-order valence-electron chi connectivity index (χ1n) is 5.82. The van der Waals surface area contributed by atoms with Crippen LogP contribution in [0.15, 0.2) is 0 Å². The molecule has 3 atom stereocenters. The van der Waals surface area contributed by atoms with Crippen LogP contribution in [0.25, 0.3) is 0 Å². The topological polar surface area (TPSA) is 38.3 Å². The number of carbonyl (C=O) groups is 1. The van der Waals surface area contributed by atoms with Gasteiger partial charge in [0.05, 0.1) is 7.11 Å². The van der Waals surface area contributed by atoms with E-state index < -0.39 is 5.54 Å². The van der Waals surface area contributed by atoms with Crippen LogP contribution in [0, 0.1) is 0 Å². The Morgan fingerprint density at radius 1 is 1.44 bits per heavy atom. The third-order valence-corrected chi connectivity index (χ3v) is 4.35. The molecule has 0 bridgehead atoms. The fraction of sp³-hybridized carbons (Fsp3) is 0.917. The van der Waals surface area contributed by atoms with Gasteiger partial charge < -0.3 is 10.1 Å². The summed E-state index contributed by atoms with van der Waals surface area (Å²) in [6.45, 7) is 8.46. The maximum Gasteiger partial charge on any atom is 0.325 e. The van der Waals surface area contributed by atoms with E-state index in [4.69, 9.17) is 4.74 Å². The Hall–Kier alpha value is -0.220. The molecule has 3 unspecified atom stereocenters. The van der Waals surface area contributed by atoms with Crippen molar-refractivity contribution in [2.24, 2.45) is 0 Å². The predicted molar refractivity (Wildman–Crippen MR) is 70.9 cm³/mol. The Morgan fingerprint density at radius 3 is 2.38 bits per heavy atom. The minimum Gasteiger partial charge on any atom is -0.468 e. The molecule has 0 spiro atoms.